The molecule has 2 aromatic rings. The number of anilines is 1. The van der Waals surface area contributed by atoms with E-state index in [2.05, 4.69) is 10.5 Å². The van der Waals surface area contributed by atoms with Crippen LogP contribution >= 0.6 is 0 Å². The summed E-state index contributed by atoms with van der Waals surface area (Å²) in [5.74, 6) is -0.365. The second kappa shape index (κ2) is 5.99. The molecule has 128 valence electrons. The number of carbonyl (C=O) groups excluding carboxylic acids is 1. The number of oxime groups is 1. The smallest absolute Gasteiger partial charge is 0.235 e. The van der Waals surface area contributed by atoms with Crippen molar-refractivity contribution in [2.45, 2.75) is 37.5 Å². The van der Waals surface area contributed by atoms with Crippen LogP contribution in [-0.4, -0.2) is 17.3 Å². The third kappa shape index (κ3) is 2.42. The molecule has 1 aliphatic heterocycles. The van der Waals surface area contributed by atoms with Gasteiger partial charge in [-0.15, -0.1) is 0 Å². The monoisotopic (exact) mass is 338 g/mol. The van der Waals surface area contributed by atoms with Crippen LogP contribution < -0.4 is 5.32 Å². The van der Waals surface area contributed by atoms with Gasteiger partial charge in [-0.05, 0) is 36.1 Å². The van der Waals surface area contributed by atoms with Gasteiger partial charge in [0.1, 0.15) is 5.82 Å². The number of nitrogens with one attached hydrogen (secondary N) is 1. The average Bonchev–Trinajstić information content (AvgIpc) is 2.89. The minimum absolute atomic E-state index is 0.0704. The van der Waals surface area contributed by atoms with Crippen molar-refractivity contribution in [3.63, 3.8) is 0 Å². The summed E-state index contributed by atoms with van der Waals surface area (Å²) < 4.78 is 14.7. The highest BCUT2D eigenvalue weighted by Gasteiger charge is 2.47. The van der Waals surface area contributed by atoms with Gasteiger partial charge in [0.05, 0.1) is 11.6 Å². The van der Waals surface area contributed by atoms with Gasteiger partial charge in [0.25, 0.3) is 0 Å². The van der Waals surface area contributed by atoms with Crippen LogP contribution in [0.2, 0.25) is 0 Å². The molecule has 4 nitrogen and oxygen atoms in total. The molecule has 0 saturated heterocycles. The van der Waals surface area contributed by atoms with E-state index in [-0.39, 0.29) is 11.5 Å². The van der Waals surface area contributed by atoms with E-state index in [9.17, 15) is 9.18 Å². The lowest BCUT2D eigenvalue weighted by molar-refractivity contribution is -0.121. The minimum atomic E-state index is -0.468. The predicted octanol–water partition coefficient (Wildman–Crippen LogP) is 4.45. The number of fused-ring (bicyclic) bond motifs is 2. The molecular formula is C20H19FN2O2. The van der Waals surface area contributed by atoms with Crippen molar-refractivity contribution < 1.29 is 14.4 Å². The van der Waals surface area contributed by atoms with Crippen LogP contribution in [0, 0.1) is 5.82 Å². The third-order valence-electron chi connectivity index (χ3n) is 5.46. The standard InChI is InChI=1S/C20H19FN2O2/c21-18-14(12-22-25)5-4-6-15(18)13-7-8-17-16(11-13)20(19(24)23-17)9-2-1-3-10-20/h4-8,11-12,25H,1-3,9-10H2,(H,23,24). The summed E-state index contributed by atoms with van der Waals surface area (Å²) in [5.41, 5.74) is 2.74. The van der Waals surface area contributed by atoms with Crippen LogP contribution in [-0.2, 0) is 10.2 Å². The second-order valence-electron chi connectivity index (χ2n) is 6.81. The van der Waals surface area contributed by atoms with Crippen molar-refractivity contribution in [3.05, 3.63) is 53.3 Å². The van der Waals surface area contributed by atoms with Gasteiger partial charge in [-0.1, -0.05) is 48.7 Å². The van der Waals surface area contributed by atoms with Crippen LogP contribution in [0.4, 0.5) is 10.1 Å². The highest BCUT2D eigenvalue weighted by atomic mass is 19.1. The van der Waals surface area contributed by atoms with Crippen molar-refractivity contribution in [3.8, 4) is 11.1 Å². The fourth-order valence-corrected chi connectivity index (χ4v) is 4.17. The molecule has 1 amide bonds. The summed E-state index contributed by atoms with van der Waals surface area (Å²) >= 11 is 0. The summed E-state index contributed by atoms with van der Waals surface area (Å²) in [5, 5.41) is 14.6. The molecule has 2 aromatic carbocycles. The first-order chi connectivity index (χ1) is 12.2. The summed E-state index contributed by atoms with van der Waals surface area (Å²) in [6.45, 7) is 0. The van der Waals surface area contributed by atoms with Crippen molar-refractivity contribution in [1.29, 1.82) is 0 Å². The number of carbonyl (C=O) groups is 1. The maximum atomic E-state index is 14.7. The maximum Gasteiger partial charge on any atom is 0.235 e. The largest absolute Gasteiger partial charge is 0.411 e. The molecule has 2 aliphatic rings. The number of benzene rings is 2. The van der Waals surface area contributed by atoms with Gasteiger partial charge in [-0.3, -0.25) is 4.79 Å². The lowest BCUT2D eigenvalue weighted by Gasteiger charge is -2.31. The highest BCUT2D eigenvalue weighted by Crippen LogP contribution is 2.48. The Labute approximate surface area is 145 Å². The van der Waals surface area contributed by atoms with Crippen molar-refractivity contribution in [1.82, 2.24) is 0 Å². The molecule has 0 unspecified atom stereocenters. The van der Waals surface area contributed by atoms with Crippen LogP contribution in [0.15, 0.2) is 41.6 Å². The fourth-order valence-electron chi connectivity index (χ4n) is 4.17. The molecular weight excluding hydrogens is 319 g/mol. The number of halogens is 1. The average molecular weight is 338 g/mol. The quantitative estimate of drug-likeness (QED) is 0.483. The normalized spacial score (nSPS) is 18.5. The molecule has 2 N–H and O–H groups in total. The molecule has 0 bridgehead atoms. The van der Waals surface area contributed by atoms with Gasteiger partial charge in [-0.2, -0.15) is 0 Å². The molecule has 25 heavy (non-hydrogen) atoms. The first-order valence-corrected chi connectivity index (χ1v) is 8.58. The SMILES string of the molecule is O=C1Nc2ccc(-c3cccc(C=NO)c3F)cc2C12CCCCC2. The minimum Gasteiger partial charge on any atom is -0.411 e. The van der Waals surface area contributed by atoms with E-state index in [1.165, 1.54) is 0 Å². The van der Waals surface area contributed by atoms with Crippen LogP contribution in [0.3, 0.4) is 0 Å². The Kier molecular flexibility index (Phi) is 3.79. The highest BCUT2D eigenvalue weighted by molar-refractivity contribution is 6.06. The molecule has 1 spiro atoms. The van der Waals surface area contributed by atoms with Gasteiger partial charge in [0, 0.05) is 16.8 Å². The van der Waals surface area contributed by atoms with Crippen LogP contribution in [0.1, 0.15) is 43.2 Å². The molecule has 1 heterocycles. The Hall–Kier alpha value is -2.69. The zero-order chi connectivity index (χ0) is 17.4. The summed E-state index contributed by atoms with van der Waals surface area (Å²) in [6.07, 6.45) is 5.99. The zero-order valence-corrected chi connectivity index (χ0v) is 13.8. The summed E-state index contributed by atoms with van der Waals surface area (Å²) in [6, 6.07) is 10.6. The van der Waals surface area contributed by atoms with Gasteiger partial charge in [0.2, 0.25) is 5.91 Å². The Bertz CT molecular complexity index is 870. The van der Waals surface area contributed by atoms with Crippen molar-refractivity contribution in [2.75, 3.05) is 5.32 Å². The lowest BCUT2D eigenvalue weighted by atomic mass is 9.70. The van der Waals surface area contributed by atoms with Crippen molar-refractivity contribution >= 4 is 17.8 Å². The van der Waals surface area contributed by atoms with Crippen LogP contribution in [0.5, 0.6) is 0 Å². The fraction of sp³-hybridized carbons (Fsp3) is 0.300. The van der Waals surface area contributed by atoms with E-state index in [1.807, 2.05) is 18.2 Å². The number of nitrogens with zero attached hydrogens (tertiary/aromatic N) is 1. The first kappa shape index (κ1) is 15.8. The molecule has 1 aliphatic carbocycles. The van der Waals surface area contributed by atoms with E-state index < -0.39 is 11.2 Å². The molecule has 0 atom stereocenters. The molecule has 4 rings (SSSR count). The van der Waals surface area contributed by atoms with E-state index in [1.54, 1.807) is 18.2 Å². The Morgan fingerprint density at radius 2 is 1.96 bits per heavy atom. The summed E-state index contributed by atoms with van der Waals surface area (Å²) in [7, 11) is 0. The Morgan fingerprint density at radius 1 is 1.16 bits per heavy atom. The Balaban J connectivity index is 1.83. The predicted molar refractivity (Wildman–Crippen MR) is 94.6 cm³/mol. The van der Waals surface area contributed by atoms with Crippen LogP contribution in [0.25, 0.3) is 11.1 Å². The number of hydrogen-bond acceptors (Lipinski definition) is 3. The number of hydrogen-bond donors (Lipinski definition) is 2. The van der Waals surface area contributed by atoms with Crippen molar-refractivity contribution in [2.24, 2.45) is 5.16 Å². The number of amides is 1. The third-order valence-corrected chi connectivity index (χ3v) is 5.46. The van der Waals surface area contributed by atoms with E-state index in [0.29, 0.717) is 5.56 Å². The van der Waals surface area contributed by atoms with E-state index in [0.717, 1.165) is 55.1 Å². The molecule has 1 saturated carbocycles. The van der Waals surface area contributed by atoms with Gasteiger partial charge < -0.3 is 10.5 Å². The molecule has 1 fully saturated rings. The summed E-state index contributed by atoms with van der Waals surface area (Å²) in [4.78, 5) is 12.6. The topological polar surface area (TPSA) is 61.7 Å². The zero-order valence-electron chi connectivity index (χ0n) is 13.8. The van der Waals surface area contributed by atoms with E-state index in [4.69, 9.17) is 5.21 Å². The Morgan fingerprint density at radius 3 is 2.72 bits per heavy atom. The first-order valence-electron chi connectivity index (χ1n) is 8.58. The maximum absolute atomic E-state index is 14.7. The number of rotatable bonds is 2. The molecule has 5 heteroatoms. The van der Waals surface area contributed by atoms with Gasteiger partial charge >= 0.3 is 0 Å². The van der Waals surface area contributed by atoms with E-state index >= 15 is 0 Å². The second-order valence-corrected chi connectivity index (χ2v) is 6.81. The lowest BCUT2D eigenvalue weighted by Crippen LogP contribution is -2.36. The van der Waals surface area contributed by atoms with Gasteiger partial charge in [0.15, 0.2) is 0 Å². The van der Waals surface area contributed by atoms with Gasteiger partial charge in [-0.25, -0.2) is 4.39 Å². The molecule has 0 aromatic heterocycles. The molecule has 0 radical (unpaired) electrons.